The molecule has 17 heteroatoms. The summed E-state index contributed by atoms with van der Waals surface area (Å²) in [5, 5.41) is 37.7. The third-order valence-corrected chi connectivity index (χ3v) is 12.7. The number of fused-ring (bicyclic) bond motifs is 8. The normalized spacial score (nSPS) is 14.9. The number of hydrogen-bond acceptors (Lipinski definition) is 10. The zero-order valence-corrected chi connectivity index (χ0v) is 35.1. The minimum Gasteiger partial charge on any atom is -0.657 e. The standard InChI is InChI=1S/C40H48N6O8S2.Fe/c1-17-23(7-9-35(47)48)31-14-32-24(8-10-36(49)50)18(2)28(44-32)12-33-38(22(6)56-16-26(42)40(53)54)20(4)30(46-33)13-34-37(21(5)55-15-25(41)39(51)52)19(3)29(45-34)11-27(17)43-31;/h11-14,21-22,25-26H,7-10,15-16,41-42H2,1-6H3,(H6,43,44,45,46,47,48,49,50,51,52,53,54);/q;+2/p-2/t21?,22?,25-,26-;/m0./s1. The molecule has 8 N–H and O–H groups in total. The van der Waals surface area contributed by atoms with Gasteiger partial charge in [-0.2, -0.15) is 23.5 Å². The number of nitrogens with two attached hydrogens (primary N) is 2. The molecule has 2 aliphatic heterocycles. The molecular formula is C40H46FeN6O8S2. The van der Waals surface area contributed by atoms with E-state index in [-0.39, 0.29) is 64.8 Å². The molecule has 3 aromatic rings. The molecule has 4 atom stereocenters. The molecule has 2 aliphatic rings. The number of carboxylic acid groups (broad SMARTS) is 4. The third-order valence-electron chi connectivity index (χ3n) is 10.2. The second-order valence-electron chi connectivity index (χ2n) is 14.0. The Morgan fingerprint density at radius 1 is 0.649 bits per heavy atom. The fourth-order valence-electron chi connectivity index (χ4n) is 6.93. The Kier molecular flexibility index (Phi) is 15.0. The molecule has 0 aromatic carbocycles. The van der Waals surface area contributed by atoms with E-state index >= 15 is 0 Å². The van der Waals surface area contributed by atoms with Crippen LogP contribution in [0.25, 0.3) is 44.4 Å². The average Bonchev–Trinajstić information content (AvgIpc) is 3.80. The molecular weight excluding hydrogens is 812 g/mol. The van der Waals surface area contributed by atoms with Crippen LogP contribution < -0.4 is 21.4 Å². The molecule has 5 rings (SSSR count). The van der Waals surface area contributed by atoms with Crippen LogP contribution in [0.2, 0.25) is 0 Å². The molecule has 0 spiro atoms. The molecule has 3 aromatic heterocycles. The van der Waals surface area contributed by atoms with Crippen LogP contribution in [0.1, 0.15) is 97.2 Å². The summed E-state index contributed by atoms with van der Waals surface area (Å²) in [5.74, 6) is -3.79. The molecule has 0 saturated carbocycles. The predicted octanol–water partition coefficient (Wildman–Crippen LogP) is 5.67. The quantitative estimate of drug-likeness (QED) is 0.0949. The minimum atomic E-state index is -1.10. The van der Waals surface area contributed by atoms with Crippen LogP contribution in [0.5, 0.6) is 0 Å². The van der Waals surface area contributed by atoms with Gasteiger partial charge in [-0.1, -0.05) is 41.0 Å². The molecule has 0 aliphatic carbocycles. The molecule has 14 nitrogen and oxygen atoms in total. The number of hydrogen-bond donors (Lipinski definition) is 6. The number of aromatic nitrogens is 4. The van der Waals surface area contributed by atoms with Crippen molar-refractivity contribution in [2.75, 3.05) is 11.5 Å². The van der Waals surface area contributed by atoms with Crippen molar-refractivity contribution in [1.29, 1.82) is 0 Å². The largest absolute Gasteiger partial charge is 2.00 e. The second-order valence-corrected chi connectivity index (χ2v) is 16.8. The van der Waals surface area contributed by atoms with Crippen molar-refractivity contribution in [2.24, 2.45) is 11.5 Å². The van der Waals surface area contributed by atoms with E-state index in [0.717, 1.165) is 44.5 Å². The second kappa shape index (κ2) is 18.9. The summed E-state index contributed by atoms with van der Waals surface area (Å²) in [7, 11) is 0. The number of carboxylic acids is 4. The maximum atomic E-state index is 11.8. The van der Waals surface area contributed by atoms with Crippen molar-refractivity contribution in [3.05, 3.63) is 69.3 Å². The van der Waals surface area contributed by atoms with Crippen molar-refractivity contribution in [3.8, 4) is 0 Å². The van der Waals surface area contributed by atoms with Gasteiger partial charge in [-0.3, -0.25) is 19.2 Å². The van der Waals surface area contributed by atoms with Gasteiger partial charge in [0.1, 0.15) is 12.1 Å². The van der Waals surface area contributed by atoms with Gasteiger partial charge < -0.3 is 41.9 Å². The van der Waals surface area contributed by atoms with Crippen LogP contribution >= 0.6 is 23.5 Å². The van der Waals surface area contributed by atoms with Crippen molar-refractivity contribution in [2.45, 2.75) is 89.8 Å². The zero-order valence-electron chi connectivity index (χ0n) is 32.4. The van der Waals surface area contributed by atoms with Crippen LogP contribution in [0.15, 0.2) is 24.3 Å². The molecule has 2 unspecified atom stereocenters. The predicted molar refractivity (Wildman–Crippen MR) is 220 cm³/mol. The van der Waals surface area contributed by atoms with E-state index in [4.69, 9.17) is 31.4 Å². The summed E-state index contributed by atoms with van der Waals surface area (Å²) in [6.45, 7) is 11.6. The smallest absolute Gasteiger partial charge is 0.657 e. The van der Waals surface area contributed by atoms with Crippen molar-refractivity contribution >= 4 is 91.8 Å². The Labute approximate surface area is 348 Å². The van der Waals surface area contributed by atoms with Gasteiger partial charge in [0.25, 0.3) is 0 Å². The van der Waals surface area contributed by atoms with Gasteiger partial charge in [-0.15, -0.1) is 22.1 Å². The Balaban J connectivity index is 0.00000720. The molecule has 5 heterocycles. The number of thioether (sulfide) groups is 2. The van der Waals surface area contributed by atoms with E-state index in [9.17, 15) is 39.6 Å². The molecule has 0 saturated heterocycles. The maximum Gasteiger partial charge on any atom is 2.00 e. The first-order valence-electron chi connectivity index (χ1n) is 18.1. The first-order valence-corrected chi connectivity index (χ1v) is 20.2. The summed E-state index contributed by atoms with van der Waals surface area (Å²) in [4.78, 5) is 66.8. The molecule has 0 fully saturated rings. The monoisotopic (exact) mass is 858 g/mol. The fraction of sp³-hybridized carbons (Fsp3) is 0.400. The first kappa shape index (κ1) is 45.3. The van der Waals surface area contributed by atoms with Crippen LogP contribution in [0.3, 0.4) is 0 Å². The average molecular weight is 859 g/mol. The van der Waals surface area contributed by atoms with Gasteiger partial charge in [0.2, 0.25) is 0 Å². The van der Waals surface area contributed by atoms with E-state index in [1.54, 1.807) is 6.07 Å². The Hall–Kier alpha value is -4.38. The van der Waals surface area contributed by atoms with Crippen molar-refractivity contribution < 1.29 is 56.7 Å². The van der Waals surface area contributed by atoms with Crippen LogP contribution in [-0.2, 0) is 42.7 Å². The number of carbonyl (C=O) groups is 4. The fourth-order valence-corrected chi connectivity index (χ4v) is 9.13. The Morgan fingerprint density at radius 2 is 1.12 bits per heavy atom. The van der Waals surface area contributed by atoms with E-state index < -0.39 is 36.0 Å². The van der Waals surface area contributed by atoms with Gasteiger partial charge in [0.05, 0.1) is 22.8 Å². The van der Waals surface area contributed by atoms with E-state index in [1.165, 1.54) is 23.5 Å². The van der Waals surface area contributed by atoms with Gasteiger partial charge in [-0.25, -0.2) is 9.97 Å². The third kappa shape index (κ3) is 10.2. The van der Waals surface area contributed by atoms with E-state index in [0.29, 0.717) is 44.8 Å². The molecule has 0 amide bonds. The number of aliphatic carboxylic acids is 4. The SMILES string of the molecule is CC1=C(CCC(=O)O)c2cc3[n-]c(cc4nc(cc5[n-]c(cc1n2)c(C)c5C(C)SC[C@H](N)C(=O)O)C(C)=C4C(C)SC[C@H](N)C(=O)O)c(C)c3CCC(=O)O.[Fe+2]. The first-order chi connectivity index (χ1) is 26.4. The van der Waals surface area contributed by atoms with Gasteiger partial charge >= 0.3 is 40.9 Å². The maximum absolute atomic E-state index is 11.8. The van der Waals surface area contributed by atoms with Crippen LogP contribution in [-0.4, -0.2) is 83.1 Å². The summed E-state index contributed by atoms with van der Waals surface area (Å²) in [6.07, 6.45) is 0.142. The Bertz CT molecular complexity index is 2330. The topological polar surface area (TPSA) is 255 Å². The van der Waals surface area contributed by atoms with Crippen molar-refractivity contribution in [1.82, 2.24) is 19.9 Å². The molecule has 57 heavy (non-hydrogen) atoms. The van der Waals surface area contributed by atoms with E-state index in [1.807, 2.05) is 59.7 Å². The minimum absolute atomic E-state index is 0. The number of allylic oxidation sites excluding steroid dienone is 3. The Morgan fingerprint density at radius 3 is 1.72 bits per heavy atom. The molecule has 304 valence electrons. The number of nitrogens with zero attached hydrogens (tertiary/aromatic N) is 4. The van der Waals surface area contributed by atoms with Gasteiger partial charge in [-0.05, 0) is 82.2 Å². The van der Waals surface area contributed by atoms with Gasteiger partial charge in [0.15, 0.2) is 0 Å². The van der Waals surface area contributed by atoms with Gasteiger partial charge in [0, 0.05) is 34.8 Å². The summed E-state index contributed by atoms with van der Waals surface area (Å²) in [5.41, 5.74) is 22.9. The number of aryl methyl sites for hydroxylation is 3. The van der Waals surface area contributed by atoms with E-state index in [2.05, 4.69) is 0 Å². The van der Waals surface area contributed by atoms with Crippen LogP contribution in [0.4, 0.5) is 0 Å². The summed E-state index contributed by atoms with van der Waals surface area (Å²) >= 11 is 2.79. The summed E-state index contributed by atoms with van der Waals surface area (Å²) in [6, 6.07) is 5.28. The molecule has 8 bridgehead atoms. The number of rotatable bonds is 16. The van der Waals surface area contributed by atoms with Crippen molar-refractivity contribution in [3.63, 3.8) is 0 Å². The van der Waals surface area contributed by atoms with Crippen LogP contribution in [0, 0.1) is 13.8 Å². The summed E-state index contributed by atoms with van der Waals surface area (Å²) < 4.78 is 0. The molecule has 0 radical (unpaired) electrons. The zero-order chi connectivity index (χ0) is 41.2.